The molecule has 112 valence electrons. The summed E-state index contributed by atoms with van der Waals surface area (Å²) in [5, 5.41) is 0. The first-order valence-electron chi connectivity index (χ1n) is 7.81. The Labute approximate surface area is 119 Å². The van der Waals surface area contributed by atoms with Crippen molar-refractivity contribution in [1.29, 1.82) is 0 Å². The first-order valence-corrected chi connectivity index (χ1v) is 7.81. The van der Waals surface area contributed by atoms with Gasteiger partial charge >= 0.3 is 0 Å². The number of hydrogen-bond acceptors (Lipinski definition) is 2. The molecule has 0 aromatic carbocycles. The fourth-order valence-corrected chi connectivity index (χ4v) is 2.44. The standard InChI is InChI=1S/C16H32N2O/c1-5-8-10-12-18(13-11-9-6-2)15(7-3)14(4)16(17)19/h15H,4-13H2,1-3H3,(H2,17,19). The molecule has 1 atom stereocenters. The fraction of sp³-hybridized carbons (Fsp3) is 0.812. The summed E-state index contributed by atoms with van der Waals surface area (Å²) in [5.41, 5.74) is 5.96. The van der Waals surface area contributed by atoms with Crippen molar-refractivity contribution in [1.82, 2.24) is 4.90 Å². The molecule has 0 bridgehead atoms. The van der Waals surface area contributed by atoms with E-state index in [1.165, 1.54) is 38.5 Å². The van der Waals surface area contributed by atoms with Gasteiger partial charge in [0, 0.05) is 11.6 Å². The van der Waals surface area contributed by atoms with Crippen LogP contribution in [0.2, 0.25) is 0 Å². The maximum absolute atomic E-state index is 11.4. The van der Waals surface area contributed by atoms with E-state index in [-0.39, 0.29) is 11.9 Å². The number of rotatable bonds is 12. The van der Waals surface area contributed by atoms with Crippen LogP contribution in [-0.2, 0) is 4.79 Å². The van der Waals surface area contributed by atoms with Crippen LogP contribution in [0.4, 0.5) is 0 Å². The van der Waals surface area contributed by atoms with Crippen molar-refractivity contribution in [3.8, 4) is 0 Å². The molecule has 0 saturated carbocycles. The first-order chi connectivity index (χ1) is 9.08. The molecule has 3 nitrogen and oxygen atoms in total. The van der Waals surface area contributed by atoms with Gasteiger partial charge in [-0.3, -0.25) is 9.69 Å². The molecule has 0 rings (SSSR count). The van der Waals surface area contributed by atoms with Gasteiger partial charge < -0.3 is 5.73 Å². The second-order valence-electron chi connectivity index (χ2n) is 5.26. The average molecular weight is 268 g/mol. The summed E-state index contributed by atoms with van der Waals surface area (Å²) in [4.78, 5) is 13.8. The summed E-state index contributed by atoms with van der Waals surface area (Å²) < 4.78 is 0. The molecule has 0 fully saturated rings. The predicted octanol–water partition coefficient (Wildman–Crippen LogP) is 3.49. The van der Waals surface area contributed by atoms with Crippen molar-refractivity contribution in [2.24, 2.45) is 5.73 Å². The van der Waals surface area contributed by atoms with E-state index in [4.69, 9.17) is 5.73 Å². The molecule has 1 amide bonds. The van der Waals surface area contributed by atoms with Crippen molar-refractivity contribution in [2.75, 3.05) is 13.1 Å². The number of carbonyl (C=O) groups excluding carboxylic acids is 1. The minimum Gasteiger partial charge on any atom is -0.366 e. The van der Waals surface area contributed by atoms with Gasteiger partial charge in [-0.1, -0.05) is 53.0 Å². The van der Waals surface area contributed by atoms with E-state index in [1.54, 1.807) is 0 Å². The molecule has 19 heavy (non-hydrogen) atoms. The van der Waals surface area contributed by atoms with Gasteiger partial charge in [0.2, 0.25) is 5.91 Å². The zero-order valence-corrected chi connectivity index (χ0v) is 13.1. The summed E-state index contributed by atoms with van der Waals surface area (Å²) in [6.07, 6.45) is 8.19. The molecule has 0 aliphatic carbocycles. The van der Waals surface area contributed by atoms with Gasteiger partial charge in [0.25, 0.3) is 0 Å². The molecule has 0 aliphatic rings. The number of nitrogens with two attached hydrogens (primary N) is 1. The molecule has 3 heteroatoms. The van der Waals surface area contributed by atoms with Crippen LogP contribution in [-0.4, -0.2) is 29.9 Å². The lowest BCUT2D eigenvalue weighted by Crippen LogP contribution is -2.41. The SMILES string of the molecule is C=C(C(N)=O)C(CC)N(CCCCC)CCCCC. The summed E-state index contributed by atoms with van der Waals surface area (Å²) in [6, 6.07) is 0.117. The highest BCUT2D eigenvalue weighted by atomic mass is 16.1. The van der Waals surface area contributed by atoms with Crippen LogP contribution in [0.25, 0.3) is 0 Å². The summed E-state index contributed by atoms with van der Waals surface area (Å²) in [6.45, 7) is 12.5. The van der Waals surface area contributed by atoms with Crippen molar-refractivity contribution < 1.29 is 4.79 Å². The highest BCUT2D eigenvalue weighted by molar-refractivity contribution is 5.92. The Morgan fingerprint density at radius 2 is 1.53 bits per heavy atom. The summed E-state index contributed by atoms with van der Waals surface area (Å²) in [7, 11) is 0. The quantitative estimate of drug-likeness (QED) is 0.435. The minimum atomic E-state index is -0.358. The first kappa shape index (κ1) is 18.2. The van der Waals surface area contributed by atoms with E-state index in [9.17, 15) is 4.79 Å². The molecule has 0 aromatic heterocycles. The molecule has 0 aliphatic heterocycles. The van der Waals surface area contributed by atoms with Gasteiger partial charge in [-0.25, -0.2) is 0 Å². The minimum absolute atomic E-state index is 0.117. The van der Waals surface area contributed by atoms with Crippen molar-refractivity contribution in [3.63, 3.8) is 0 Å². The van der Waals surface area contributed by atoms with Gasteiger partial charge in [0.1, 0.15) is 0 Å². The topological polar surface area (TPSA) is 46.3 Å². The van der Waals surface area contributed by atoms with Gasteiger partial charge in [-0.15, -0.1) is 0 Å². The third-order valence-corrected chi connectivity index (χ3v) is 3.64. The monoisotopic (exact) mass is 268 g/mol. The molecule has 2 N–H and O–H groups in total. The number of unbranched alkanes of at least 4 members (excludes halogenated alkanes) is 4. The van der Waals surface area contributed by atoms with E-state index in [1.807, 2.05) is 0 Å². The molecule has 0 radical (unpaired) electrons. The summed E-state index contributed by atoms with van der Waals surface area (Å²) >= 11 is 0. The highest BCUT2D eigenvalue weighted by Gasteiger charge is 2.21. The van der Waals surface area contributed by atoms with Crippen molar-refractivity contribution >= 4 is 5.91 Å². The van der Waals surface area contributed by atoms with Crippen molar-refractivity contribution in [2.45, 2.75) is 71.8 Å². The number of primary amides is 1. The van der Waals surface area contributed by atoms with Crippen LogP contribution in [0.5, 0.6) is 0 Å². The van der Waals surface area contributed by atoms with Crippen LogP contribution in [0.3, 0.4) is 0 Å². The van der Waals surface area contributed by atoms with Gasteiger partial charge in [0.15, 0.2) is 0 Å². The molecule has 0 heterocycles. The Hall–Kier alpha value is -0.830. The molecule has 1 unspecified atom stereocenters. The Morgan fingerprint density at radius 1 is 1.05 bits per heavy atom. The third kappa shape index (κ3) is 7.36. The van der Waals surface area contributed by atoms with Crippen LogP contribution >= 0.6 is 0 Å². The number of carbonyl (C=O) groups is 1. The molecule has 0 saturated heterocycles. The van der Waals surface area contributed by atoms with Crippen molar-refractivity contribution in [3.05, 3.63) is 12.2 Å². The predicted molar refractivity (Wildman–Crippen MR) is 83.0 cm³/mol. The second kappa shape index (κ2) is 11.0. The van der Waals surface area contributed by atoms with Gasteiger partial charge in [0.05, 0.1) is 0 Å². The number of amides is 1. The Morgan fingerprint density at radius 3 is 1.84 bits per heavy atom. The summed E-state index contributed by atoms with van der Waals surface area (Å²) in [5.74, 6) is -0.358. The molecular weight excluding hydrogens is 236 g/mol. The smallest absolute Gasteiger partial charge is 0.245 e. The second-order valence-corrected chi connectivity index (χ2v) is 5.26. The lowest BCUT2D eigenvalue weighted by molar-refractivity contribution is -0.115. The number of nitrogens with zero attached hydrogens (tertiary/aromatic N) is 1. The maximum atomic E-state index is 11.4. The molecular formula is C16H32N2O. The lowest BCUT2D eigenvalue weighted by Gasteiger charge is -2.31. The number of hydrogen-bond donors (Lipinski definition) is 1. The van der Waals surface area contributed by atoms with E-state index in [0.29, 0.717) is 5.57 Å². The average Bonchev–Trinajstić information content (AvgIpc) is 2.39. The Kier molecular flexibility index (Phi) is 10.6. The van der Waals surface area contributed by atoms with Gasteiger partial charge in [-0.05, 0) is 32.4 Å². The van der Waals surface area contributed by atoms with Crippen LogP contribution in [0, 0.1) is 0 Å². The molecule has 0 aromatic rings. The van der Waals surface area contributed by atoms with Crippen LogP contribution < -0.4 is 5.73 Å². The lowest BCUT2D eigenvalue weighted by atomic mass is 10.0. The van der Waals surface area contributed by atoms with E-state index >= 15 is 0 Å². The van der Waals surface area contributed by atoms with E-state index in [0.717, 1.165) is 19.5 Å². The highest BCUT2D eigenvalue weighted by Crippen LogP contribution is 2.15. The van der Waals surface area contributed by atoms with Gasteiger partial charge in [-0.2, -0.15) is 0 Å². The zero-order chi connectivity index (χ0) is 14.7. The van der Waals surface area contributed by atoms with E-state index < -0.39 is 0 Å². The zero-order valence-electron chi connectivity index (χ0n) is 13.1. The Bertz CT molecular complexity index is 253. The molecule has 0 spiro atoms. The van der Waals surface area contributed by atoms with Crippen LogP contribution in [0.15, 0.2) is 12.2 Å². The van der Waals surface area contributed by atoms with E-state index in [2.05, 4.69) is 32.3 Å². The largest absolute Gasteiger partial charge is 0.366 e. The normalized spacial score (nSPS) is 12.6. The fourth-order valence-electron chi connectivity index (χ4n) is 2.44. The van der Waals surface area contributed by atoms with Crippen LogP contribution in [0.1, 0.15) is 65.7 Å². The Balaban J connectivity index is 4.55. The maximum Gasteiger partial charge on any atom is 0.245 e. The third-order valence-electron chi connectivity index (χ3n) is 3.64.